The van der Waals surface area contributed by atoms with E-state index < -0.39 is 5.41 Å². The van der Waals surface area contributed by atoms with E-state index in [1.54, 1.807) is 21.6 Å². The quantitative estimate of drug-likeness (QED) is 0.568. The van der Waals surface area contributed by atoms with Gasteiger partial charge in [0, 0.05) is 48.6 Å². The van der Waals surface area contributed by atoms with Gasteiger partial charge >= 0.3 is 0 Å². The van der Waals surface area contributed by atoms with Crippen molar-refractivity contribution in [2.45, 2.75) is 45.7 Å². The highest BCUT2D eigenvalue weighted by molar-refractivity contribution is 7.09. The van der Waals surface area contributed by atoms with Crippen molar-refractivity contribution in [3.63, 3.8) is 0 Å². The second kappa shape index (κ2) is 8.04. The van der Waals surface area contributed by atoms with Gasteiger partial charge in [0.05, 0.1) is 34.7 Å². The summed E-state index contributed by atoms with van der Waals surface area (Å²) in [6.45, 7) is 8.13. The molecule has 2 atom stereocenters. The zero-order valence-electron chi connectivity index (χ0n) is 18.3. The largest absolute Gasteiger partial charge is 0.336 e. The summed E-state index contributed by atoms with van der Waals surface area (Å²) in [6.07, 6.45) is 4.53. The van der Waals surface area contributed by atoms with Crippen molar-refractivity contribution in [2.24, 2.45) is 5.41 Å². The van der Waals surface area contributed by atoms with Gasteiger partial charge in [-0.25, -0.2) is 9.97 Å². The average molecular weight is 472 g/mol. The molecule has 168 valence electrons. The first-order valence-electron chi connectivity index (χ1n) is 10.7. The standard InChI is InChI=1S/C21H25N7O2S2/c1-13(2)28-8-17(22-12-28)16-7-27(19(29)18-10-32-25-24-18)11-21(16)4-5-26(20(21)30)6-15-9-31-14(3)23-15/h8-10,12-13,16H,4-7,11H2,1-3H3/t16-,21-/m1/s1. The summed E-state index contributed by atoms with van der Waals surface area (Å²) < 4.78 is 5.88. The van der Waals surface area contributed by atoms with Crippen LogP contribution in [0, 0.1) is 12.3 Å². The molecule has 5 heterocycles. The van der Waals surface area contributed by atoms with E-state index in [4.69, 9.17) is 0 Å². The Balaban J connectivity index is 1.46. The van der Waals surface area contributed by atoms with Gasteiger partial charge in [0.1, 0.15) is 0 Å². The van der Waals surface area contributed by atoms with Crippen molar-refractivity contribution >= 4 is 34.7 Å². The molecule has 2 aliphatic rings. The molecule has 0 bridgehead atoms. The second-order valence-corrected chi connectivity index (χ2v) is 10.5. The molecule has 3 aromatic rings. The average Bonchev–Trinajstić information content (AvgIpc) is 3.57. The Hall–Kier alpha value is -2.66. The molecule has 2 fully saturated rings. The number of hydrogen-bond donors (Lipinski definition) is 0. The maximum Gasteiger partial charge on any atom is 0.275 e. The van der Waals surface area contributed by atoms with Crippen molar-refractivity contribution in [3.05, 3.63) is 45.4 Å². The van der Waals surface area contributed by atoms with Gasteiger partial charge in [0.25, 0.3) is 5.91 Å². The molecular formula is C21H25N7O2S2. The van der Waals surface area contributed by atoms with Crippen LogP contribution in [0.1, 0.15) is 59.1 Å². The lowest BCUT2D eigenvalue weighted by molar-refractivity contribution is -0.136. The molecule has 3 aromatic heterocycles. The zero-order valence-corrected chi connectivity index (χ0v) is 19.9. The van der Waals surface area contributed by atoms with Crippen LogP contribution < -0.4 is 0 Å². The van der Waals surface area contributed by atoms with Gasteiger partial charge in [-0.05, 0) is 38.7 Å². The maximum atomic E-state index is 13.8. The van der Waals surface area contributed by atoms with Crippen LogP contribution in [-0.2, 0) is 11.3 Å². The van der Waals surface area contributed by atoms with Crippen molar-refractivity contribution in [2.75, 3.05) is 19.6 Å². The SMILES string of the molecule is Cc1nc(CN2CC[C@]3(CN(C(=O)c4csnn4)C[C@@H]3c3cn(C(C)C)cn3)C2=O)cs1. The van der Waals surface area contributed by atoms with Gasteiger partial charge in [-0.2, -0.15) is 0 Å². The predicted octanol–water partition coefficient (Wildman–Crippen LogP) is 2.74. The molecule has 1 spiro atoms. The van der Waals surface area contributed by atoms with Crippen LogP contribution in [0.4, 0.5) is 0 Å². The molecule has 5 rings (SSSR count). The number of aryl methyl sites for hydroxylation is 1. The molecule has 11 heteroatoms. The van der Waals surface area contributed by atoms with E-state index in [1.807, 2.05) is 34.3 Å². The molecule has 2 saturated heterocycles. The Labute approximate surface area is 194 Å². The predicted molar refractivity (Wildman–Crippen MR) is 120 cm³/mol. The number of amides is 2. The van der Waals surface area contributed by atoms with Crippen molar-refractivity contribution in [3.8, 4) is 0 Å². The van der Waals surface area contributed by atoms with Crippen molar-refractivity contribution < 1.29 is 9.59 Å². The summed E-state index contributed by atoms with van der Waals surface area (Å²) in [6, 6.07) is 0.274. The summed E-state index contributed by atoms with van der Waals surface area (Å²) in [7, 11) is 0. The number of aromatic nitrogens is 5. The van der Waals surface area contributed by atoms with Crippen LogP contribution in [0.5, 0.6) is 0 Å². The molecule has 2 aliphatic heterocycles. The van der Waals surface area contributed by atoms with E-state index in [-0.39, 0.29) is 23.8 Å². The zero-order chi connectivity index (χ0) is 22.5. The topological polar surface area (TPSA) is 97.1 Å². The third-order valence-electron chi connectivity index (χ3n) is 6.54. The molecule has 0 aliphatic carbocycles. The Morgan fingerprint density at radius 3 is 2.84 bits per heavy atom. The van der Waals surface area contributed by atoms with Gasteiger partial charge in [-0.15, -0.1) is 16.4 Å². The molecule has 0 aromatic carbocycles. The normalized spacial score (nSPS) is 23.2. The second-order valence-electron chi connectivity index (χ2n) is 8.86. The highest BCUT2D eigenvalue weighted by Crippen LogP contribution is 2.50. The highest BCUT2D eigenvalue weighted by atomic mass is 32.1. The smallest absolute Gasteiger partial charge is 0.275 e. The van der Waals surface area contributed by atoms with Crippen molar-refractivity contribution in [1.82, 2.24) is 33.9 Å². The van der Waals surface area contributed by atoms with Crippen LogP contribution >= 0.6 is 22.9 Å². The van der Waals surface area contributed by atoms with Gasteiger partial charge < -0.3 is 14.4 Å². The molecule has 0 saturated carbocycles. The number of imidazole rings is 1. The van der Waals surface area contributed by atoms with E-state index in [9.17, 15) is 9.59 Å². The first-order chi connectivity index (χ1) is 15.4. The Kier molecular flexibility index (Phi) is 5.32. The minimum atomic E-state index is -0.680. The lowest BCUT2D eigenvalue weighted by Crippen LogP contribution is -2.40. The van der Waals surface area contributed by atoms with Crippen LogP contribution in [0.15, 0.2) is 23.3 Å². The molecule has 0 unspecified atom stereocenters. The highest BCUT2D eigenvalue weighted by Gasteiger charge is 2.58. The summed E-state index contributed by atoms with van der Waals surface area (Å²) in [4.78, 5) is 39.7. The Morgan fingerprint density at radius 1 is 1.34 bits per heavy atom. The Bertz CT molecular complexity index is 1140. The minimum Gasteiger partial charge on any atom is -0.336 e. The van der Waals surface area contributed by atoms with Crippen LogP contribution in [0.2, 0.25) is 0 Å². The van der Waals surface area contributed by atoms with E-state index in [0.717, 1.165) is 27.9 Å². The monoisotopic (exact) mass is 471 g/mol. The number of nitrogens with zero attached hydrogens (tertiary/aromatic N) is 7. The third-order valence-corrected chi connectivity index (χ3v) is 7.87. The van der Waals surface area contributed by atoms with Gasteiger partial charge in [0.15, 0.2) is 5.69 Å². The molecule has 9 nitrogen and oxygen atoms in total. The first kappa shape index (κ1) is 21.2. The number of carbonyl (C=O) groups excluding carboxylic acids is 2. The summed E-state index contributed by atoms with van der Waals surface area (Å²) >= 11 is 2.74. The van der Waals surface area contributed by atoms with Crippen LogP contribution in [0.25, 0.3) is 0 Å². The number of hydrogen-bond acceptors (Lipinski definition) is 8. The van der Waals surface area contributed by atoms with E-state index >= 15 is 0 Å². The lowest BCUT2D eigenvalue weighted by Gasteiger charge is -2.27. The number of likely N-dealkylation sites (tertiary alicyclic amines) is 2. The van der Waals surface area contributed by atoms with E-state index in [1.165, 1.54) is 0 Å². The fraction of sp³-hybridized carbons (Fsp3) is 0.524. The fourth-order valence-corrected chi connectivity index (χ4v) is 5.87. The number of thiazole rings is 1. The lowest BCUT2D eigenvalue weighted by atomic mass is 9.75. The fourth-order valence-electron chi connectivity index (χ4n) is 4.83. The molecule has 32 heavy (non-hydrogen) atoms. The molecule has 0 N–H and O–H groups in total. The molecular weight excluding hydrogens is 446 g/mol. The van der Waals surface area contributed by atoms with Gasteiger partial charge in [-0.1, -0.05) is 4.49 Å². The van der Waals surface area contributed by atoms with Crippen molar-refractivity contribution in [1.29, 1.82) is 0 Å². The number of carbonyl (C=O) groups is 2. The van der Waals surface area contributed by atoms with Crippen LogP contribution in [-0.4, -0.2) is 65.4 Å². The third kappa shape index (κ3) is 3.53. The number of rotatable bonds is 5. The molecule has 2 amide bonds. The summed E-state index contributed by atoms with van der Waals surface area (Å²) in [5.74, 6) is -0.253. The summed E-state index contributed by atoms with van der Waals surface area (Å²) in [5, 5.41) is 8.61. The summed E-state index contributed by atoms with van der Waals surface area (Å²) in [5.41, 5.74) is 1.43. The minimum absolute atomic E-state index is 0.0824. The van der Waals surface area contributed by atoms with Gasteiger partial charge in [-0.3, -0.25) is 9.59 Å². The van der Waals surface area contributed by atoms with Gasteiger partial charge in [0.2, 0.25) is 5.91 Å². The maximum absolute atomic E-state index is 13.8. The van der Waals surface area contributed by atoms with E-state index in [2.05, 4.69) is 33.4 Å². The molecule has 0 radical (unpaired) electrons. The van der Waals surface area contributed by atoms with Crippen LogP contribution in [0.3, 0.4) is 0 Å². The Morgan fingerprint density at radius 2 is 2.19 bits per heavy atom. The first-order valence-corrected chi connectivity index (χ1v) is 12.4. The van der Waals surface area contributed by atoms with E-state index in [0.29, 0.717) is 38.3 Å².